The summed E-state index contributed by atoms with van der Waals surface area (Å²) in [6, 6.07) is 1.91. The zero-order valence-corrected chi connectivity index (χ0v) is 9.40. The maximum atomic E-state index is 6.18. The van der Waals surface area contributed by atoms with Crippen LogP contribution in [0.1, 0.15) is 25.5 Å². The summed E-state index contributed by atoms with van der Waals surface area (Å²) in [5, 5.41) is 0. The Labute approximate surface area is 90.5 Å². The van der Waals surface area contributed by atoms with Crippen molar-refractivity contribution in [1.82, 2.24) is 9.97 Å². The van der Waals surface area contributed by atoms with Gasteiger partial charge in [0.25, 0.3) is 0 Å². The molecule has 0 spiro atoms. The zero-order chi connectivity index (χ0) is 10.9. The molecule has 1 aliphatic heterocycles. The summed E-state index contributed by atoms with van der Waals surface area (Å²) < 4.78 is 0. The van der Waals surface area contributed by atoms with Crippen molar-refractivity contribution < 1.29 is 0 Å². The Bertz CT molecular complexity index is 344. The standard InChI is InChI=1S/C11H18N4/c1-3-5-11(12)7-15(8-11)10-13-6-4-9(2)14-10/h4,6H,3,5,7-8,12H2,1-2H3. The number of aromatic nitrogens is 2. The molecule has 0 aromatic carbocycles. The smallest absolute Gasteiger partial charge is 0.225 e. The lowest BCUT2D eigenvalue weighted by Crippen LogP contribution is -2.67. The third kappa shape index (κ3) is 2.09. The van der Waals surface area contributed by atoms with Crippen LogP contribution in [0, 0.1) is 6.92 Å². The maximum Gasteiger partial charge on any atom is 0.225 e. The summed E-state index contributed by atoms with van der Waals surface area (Å²) in [5.74, 6) is 0.812. The van der Waals surface area contributed by atoms with Gasteiger partial charge in [0.05, 0.1) is 5.54 Å². The van der Waals surface area contributed by atoms with Gasteiger partial charge in [-0.2, -0.15) is 0 Å². The second kappa shape index (κ2) is 3.77. The summed E-state index contributed by atoms with van der Waals surface area (Å²) in [7, 11) is 0. The number of nitrogens with zero attached hydrogens (tertiary/aromatic N) is 3. The highest BCUT2D eigenvalue weighted by molar-refractivity contribution is 5.38. The molecule has 15 heavy (non-hydrogen) atoms. The van der Waals surface area contributed by atoms with Gasteiger partial charge in [0, 0.05) is 25.0 Å². The summed E-state index contributed by atoms with van der Waals surface area (Å²) in [6.45, 7) is 5.90. The Hall–Kier alpha value is -1.16. The predicted molar refractivity (Wildman–Crippen MR) is 60.8 cm³/mol. The highest BCUT2D eigenvalue weighted by Gasteiger charge is 2.39. The fourth-order valence-electron chi connectivity index (χ4n) is 2.10. The van der Waals surface area contributed by atoms with Crippen molar-refractivity contribution in [2.24, 2.45) is 5.73 Å². The van der Waals surface area contributed by atoms with Crippen LogP contribution in [0.25, 0.3) is 0 Å². The Morgan fingerprint density at radius 1 is 1.53 bits per heavy atom. The van der Waals surface area contributed by atoms with E-state index in [9.17, 15) is 0 Å². The Morgan fingerprint density at radius 2 is 2.27 bits per heavy atom. The van der Waals surface area contributed by atoms with Crippen molar-refractivity contribution >= 4 is 5.95 Å². The van der Waals surface area contributed by atoms with E-state index in [1.807, 2.05) is 13.0 Å². The molecule has 0 aliphatic carbocycles. The third-order valence-electron chi connectivity index (χ3n) is 2.82. The molecule has 0 bridgehead atoms. The van der Waals surface area contributed by atoms with Crippen molar-refractivity contribution in [3.63, 3.8) is 0 Å². The van der Waals surface area contributed by atoms with Crippen LogP contribution >= 0.6 is 0 Å². The van der Waals surface area contributed by atoms with Crippen molar-refractivity contribution in [2.75, 3.05) is 18.0 Å². The quantitative estimate of drug-likeness (QED) is 0.804. The van der Waals surface area contributed by atoms with E-state index in [0.717, 1.165) is 37.6 Å². The molecule has 4 nitrogen and oxygen atoms in total. The van der Waals surface area contributed by atoms with Gasteiger partial charge in [-0.25, -0.2) is 9.97 Å². The normalized spacial score (nSPS) is 18.7. The summed E-state index contributed by atoms with van der Waals surface area (Å²) in [6.07, 6.45) is 4.02. The first-order valence-electron chi connectivity index (χ1n) is 5.46. The number of nitrogens with two attached hydrogens (primary N) is 1. The Kier molecular flexibility index (Phi) is 2.61. The number of hydrogen-bond donors (Lipinski definition) is 1. The van der Waals surface area contributed by atoms with Crippen LogP contribution < -0.4 is 10.6 Å². The first-order valence-corrected chi connectivity index (χ1v) is 5.46. The molecule has 82 valence electrons. The first kappa shape index (κ1) is 10.4. The van der Waals surface area contributed by atoms with E-state index in [1.54, 1.807) is 6.20 Å². The van der Waals surface area contributed by atoms with Crippen molar-refractivity contribution in [2.45, 2.75) is 32.2 Å². The van der Waals surface area contributed by atoms with Crippen LogP contribution in [-0.4, -0.2) is 28.6 Å². The van der Waals surface area contributed by atoms with Gasteiger partial charge in [-0.15, -0.1) is 0 Å². The molecule has 2 N–H and O–H groups in total. The molecule has 1 aromatic heterocycles. The highest BCUT2D eigenvalue weighted by atomic mass is 15.3. The molecule has 1 saturated heterocycles. The third-order valence-corrected chi connectivity index (χ3v) is 2.82. The minimum absolute atomic E-state index is 0.0120. The van der Waals surface area contributed by atoms with Crippen LogP contribution in [0.15, 0.2) is 12.3 Å². The van der Waals surface area contributed by atoms with E-state index in [1.165, 1.54) is 0 Å². The van der Waals surface area contributed by atoms with Gasteiger partial charge >= 0.3 is 0 Å². The number of hydrogen-bond acceptors (Lipinski definition) is 4. The van der Waals surface area contributed by atoms with Crippen LogP contribution in [0.3, 0.4) is 0 Å². The number of anilines is 1. The van der Waals surface area contributed by atoms with Gasteiger partial charge in [-0.05, 0) is 19.4 Å². The second-order valence-corrected chi connectivity index (χ2v) is 4.47. The molecule has 1 fully saturated rings. The molecule has 1 aromatic rings. The fourth-order valence-corrected chi connectivity index (χ4v) is 2.10. The van der Waals surface area contributed by atoms with E-state index in [0.29, 0.717) is 0 Å². The predicted octanol–water partition coefficient (Wildman–Crippen LogP) is 1.10. The lowest BCUT2D eigenvalue weighted by molar-refractivity contribution is 0.303. The van der Waals surface area contributed by atoms with E-state index in [-0.39, 0.29) is 5.54 Å². The summed E-state index contributed by atoms with van der Waals surface area (Å²) in [4.78, 5) is 10.8. The zero-order valence-electron chi connectivity index (χ0n) is 9.40. The topological polar surface area (TPSA) is 55.0 Å². The van der Waals surface area contributed by atoms with Gasteiger partial charge in [-0.1, -0.05) is 13.3 Å². The molecule has 4 heteroatoms. The van der Waals surface area contributed by atoms with E-state index in [4.69, 9.17) is 5.73 Å². The van der Waals surface area contributed by atoms with Crippen LogP contribution in [0.4, 0.5) is 5.95 Å². The van der Waals surface area contributed by atoms with E-state index in [2.05, 4.69) is 21.8 Å². The van der Waals surface area contributed by atoms with Gasteiger partial charge in [-0.3, -0.25) is 0 Å². The monoisotopic (exact) mass is 206 g/mol. The average Bonchev–Trinajstić information content (AvgIpc) is 2.14. The minimum atomic E-state index is -0.0120. The molecule has 1 aliphatic rings. The molecule has 0 unspecified atom stereocenters. The molecular formula is C11H18N4. The molecular weight excluding hydrogens is 188 g/mol. The summed E-state index contributed by atoms with van der Waals surface area (Å²) >= 11 is 0. The minimum Gasteiger partial charge on any atom is -0.337 e. The van der Waals surface area contributed by atoms with E-state index < -0.39 is 0 Å². The van der Waals surface area contributed by atoms with E-state index >= 15 is 0 Å². The Balaban J connectivity index is 2.00. The molecule has 0 atom stereocenters. The maximum absolute atomic E-state index is 6.18. The summed E-state index contributed by atoms with van der Waals surface area (Å²) in [5.41, 5.74) is 7.17. The van der Waals surface area contributed by atoms with Crippen molar-refractivity contribution in [3.8, 4) is 0 Å². The highest BCUT2D eigenvalue weighted by Crippen LogP contribution is 2.26. The number of rotatable bonds is 3. The first-order chi connectivity index (χ1) is 7.13. The Morgan fingerprint density at radius 3 is 2.87 bits per heavy atom. The molecule has 0 saturated carbocycles. The largest absolute Gasteiger partial charge is 0.337 e. The molecule has 2 rings (SSSR count). The van der Waals surface area contributed by atoms with Crippen LogP contribution in [-0.2, 0) is 0 Å². The SMILES string of the molecule is CCCC1(N)CN(c2nccc(C)n2)C1. The van der Waals surface area contributed by atoms with Gasteiger partial charge in [0.15, 0.2) is 0 Å². The van der Waals surface area contributed by atoms with Gasteiger partial charge in [0.1, 0.15) is 0 Å². The molecule has 0 radical (unpaired) electrons. The van der Waals surface area contributed by atoms with Crippen molar-refractivity contribution in [1.29, 1.82) is 0 Å². The van der Waals surface area contributed by atoms with Gasteiger partial charge < -0.3 is 10.6 Å². The van der Waals surface area contributed by atoms with Crippen molar-refractivity contribution in [3.05, 3.63) is 18.0 Å². The second-order valence-electron chi connectivity index (χ2n) is 4.47. The number of aryl methyl sites for hydroxylation is 1. The molecule has 0 amide bonds. The van der Waals surface area contributed by atoms with Gasteiger partial charge in [0.2, 0.25) is 5.95 Å². The fraction of sp³-hybridized carbons (Fsp3) is 0.636. The average molecular weight is 206 g/mol. The molecule has 2 heterocycles. The van der Waals surface area contributed by atoms with Crippen LogP contribution in [0.5, 0.6) is 0 Å². The van der Waals surface area contributed by atoms with Crippen LogP contribution in [0.2, 0.25) is 0 Å². The lowest BCUT2D eigenvalue weighted by atomic mass is 9.87. The lowest BCUT2D eigenvalue weighted by Gasteiger charge is -2.47.